The van der Waals surface area contributed by atoms with Crippen LogP contribution in [0, 0.1) is 29.6 Å². The van der Waals surface area contributed by atoms with Gasteiger partial charge in [0.2, 0.25) is 0 Å². The molecule has 3 aliphatic rings. The smallest absolute Gasteiger partial charge is 0.0134 e. The molecule has 0 aromatic heterocycles. The Morgan fingerprint density at radius 3 is 2.38 bits per heavy atom. The lowest BCUT2D eigenvalue weighted by Crippen LogP contribution is -2.61. The second kappa shape index (κ2) is 6.22. The highest BCUT2D eigenvalue weighted by molar-refractivity contribution is 5.01. The van der Waals surface area contributed by atoms with Gasteiger partial charge in [0.15, 0.2) is 0 Å². The first-order valence-electron chi connectivity index (χ1n) is 9.75. The molecule has 1 saturated heterocycles. The van der Waals surface area contributed by atoms with Gasteiger partial charge in [0.1, 0.15) is 0 Å². The molecule has 5 unspecified atom stereocenters. The molecule has 1 nitrogen and oxygen atoms in total. The molecule has 1 heterocycles. The van der Waals surface area contributed by atoms with Crippen LogP contribution in [-0.4, -0.2) is 11.6 Å². The fourth-order valence-electron chi connectivity index (χ4n) is 6.18. The summed E-state index contributed by atoms with van der Waals surface area (Å²) in [5, 5.41) is 4.10. The van der Waals surface area contributed by atoms with Crippen LogP contribution in [0.15, 0.2) is 0 Å². The minimum atomic E-state index is 0.350. The summed E-state index contributed by atoms with van der Waals surface area (Å²) >= 11 is 0. The molecule has 0 bridgehead atoms. The van der Waals surface area contributed by atoms with Gasteiger partial charge in [-0.15, -0.1) is 0 Å². The van der Waals surface area contributed by atoms with E-state index in [9.17, 15) is 0 Å². The molecule has 2 saturated carbocycles. The van der Waals surface area contributed by atoms with Gasteiger partial charge in [0.25, 0.3) is 0 Å². The summed E-state index contributed by atoms with van der Waals surface area (Å²) < 4.78 is 0. The SMILES string of the molecule is CC1CC(C)(C)NC2C1CCCC2C(C)C1CCCCC1. The van der Waals surface area contributed by atoms with E-state index >= 15 is 0 Å². The molecule has 1 aliphatic heterocycles. The highest BCUT2D eigenvalue weighted by Gasteiger charge is 2.46. The maximum absolute atomic E-state index is 4.10. The zero-order chi connectivity index (χ0) is 15.0. The third kappa shape index (κ3) is 3.33. The standard InChI is InChI=1S/C20H37N/c1-14-13-20(3,4)21-19-17(14)11-8-12-18(19)15(2)16-9-6-5-7-10-16/h14-19,21H,5-13H2,1-4H3. The topological polar surface area (TPSA) is 12.0 Å². The van der Waals surface area contributed by atoms with Gasteiger partial charge in [0, 0.05) is 11.6 Å². The van der Waals surface area contributed by atoms with Gasteiger partial charge >= 0.3 is 0 Å². The van der Waals surface area contributed by atoms with E-state index in [1.165, 1.54) is 57.8 Å². The van der Waals surface area contributed by atoms with Crippen LogP contribution in [0.4, 0.5) is 0 Å². The zero-order valence-corrected chi connectivity index (χ0v) is 14.8. The van der Waals surface area contributed by atoms with E-state index in [0.717, 1.165) is 35.6 Å². The molecule has 0 aromatic carbocycles. The summed E-state index contributed by atoms with van der Waals surface area (Å²) in [5.74, 6) is 4.75. The van der Waals surface area contributed by atoms with E-state index < -0.39 is 0 Å². The molecule has 5 atom stereocenters. The molecule has 2 aliphatic carbocycles. The van der Waals surface area contributed by atoms with Crippen LogP contribution in [0.1, 0.15) is 85.5 Å². The number of hydrogen-bond donors (Lipinski definition) is 1. The molecule has 0 spiro atoms. The first-order chi connectivity index (χ1) is 9.98. The second-order valence-electron chi connectivity index (χ2n) is 9.25. The summed E-state index contributed by atoms with van der Waals surface area (Å²) in [6.07, 6.45) is 13.3. The molecule has 122 valence electrons. The lowest BCUT2D eigenvalue weighted by molar-refractivity contribution is 0.0116. The average molecular weight is 292 g/mol. The molecule has 21 heavy (non-hydrogen) atoms. The largest absolute Gasteiger partial charge is 0.308 e. The van der Waals surface area contributed by atoms with Crippen LogP contribution in [0.3, 0.4) is 0 Å². The Morgan fingerprint density at radius 1 is 0.952 bits per heavy atom. The molecule has 0 radical (unpaired) electrons. The lowest BCUT2D eigenvalue weighted by atomic mass is 9.60. The van der Waals surface area contributed by atoms with Crippen molar-refractivity contribution in [3.63, 3.8) is 0 Å². The van der Waals surface area contributed by atoms with Gasteiger partial charge in [-0.25, -0.2) is 0 Å². The number of piperidine rings is 1. The Labute approximate surface area is 132 Å². The van der Waals surface area contributed by atoms with Crippen LogP contribution >= 0.6 is 0 Å². The molecule has 0 amide bonds. The molecule has 3 rings (SSSR count). The fraction of sp³-hybridized carbons (Fsp3) is 1.00. The van der Waals surface area contributed by atoms with Crippen molar-refractivity contribution in [2.45, 2.75) is 97.1 Å². The fourth-order valence-corrected chi connectivity index (χ4v) is 6.18. The molecule has 1 N–H and O–H groups in total. The van der Waals surface area contributed by atoms with Crippen LogP contribution in [0.5, 0.6) is 0 Å². The Morgan fingerprint density at radius 2 is 1.67 bits per heavy atom. The van der Waals surface area contributed by atoms with Gasteiger partial charge in [-0.2, -0.15) is 0 Å². The molecular formula is C20H37N. The van der Waals surface area contributed by atoms with Gasteiger partial charge < -0.3 is 5.32 Å². The van der Waals surface area contributed by atoms with Gasteiger partial charge in [0.05, 0.1) is 0 Å². The third-order valence-corrected chi connectivity index (χ3v) is 7.19. The average Bonchev–Trinajstić information content (AvgIpc) is 2.46. The first kappa shape index (κ1) is 15.8. The Bertz CT molecular complexity index is 342. The predicted molar refractivity (Wildman–Crippen MR) is 91.4 cm³/mol. The second-order valence-corrected chi connectivity index (χ2v) is 9.25. The summed E-state index contributed by atoms with van der Waals surface area (Å²) in [6.45, 7) is 9.97. The van der Waals surface area contributed by atoms with Crippen LogP contribution in [0.25, 0.3) is 0 Å². The van der Waals surface area contributed by atoms with Crippen LogP contribution < -0.4 is 5.32 Å². The molecule has 1 heteroatoms. The van der Waals surface area contributed by atoms with Crippen molar-refractivity contribution < 1.29 is 0 Å². The van der Waals surface area contributed by atoms with Crippen molar-refractivity contribution in [2.75, 3.05) is 0 Å². The van der Waals surface area contributed by atoms with Crippen molar-refractivity contribution in [1.82, 2.24) is 5.32 Å². The third-order valence-electron chi connectivity index (χ3n) is 7.19. The van der Waals surface area contributed by atoms with E-state index in [1.807, 2.05) is 0 Å². The van der Waals surface area contributed by atoms with E-state index in [4.69, 9.17) is 0 Å². The maximum atomic E-state index is 4.10. The van der Waals surface area contributed by atoms with Crippen molar-refractivity contribution in [2.24, 2.45) is 29.6 Å². The minimum Gasteiger partial charge on any atom is -0.308 e. The van der Waals surface area contributed by atoms with Crippen LogP contribution in [0.2, 0.25) is 0 Å². The Balaban J connectivity index is 1.74. The van der Waals surface area contributed by atoms with E-state index in [-0.39, 0.29) is 0 Å². The van der Waals surface area contributed by atoms with Crippen LogP contribution in [-0.2, 0) is 0 Å². The van der Waals surface area contributed by atoms with Crippen molar-refractivity contribution >= 4 is 0 Å². The summed E-state index contributed by atoms with van der Waals surface area (Å²) in [6, 6.07) is 0.800. The Hall–Kier alpha value is -0.0400. The lowest BCUT2D eigenvalue weighted by Gasteiger charge is -2.53. The maximum Gasteiger partial charge on any atom is 0.0134 e. The molecule has 3 fully saturated rings. The number of rotatable bonds is 2. The molecular weight excluding hydrogens is 254 g/mol. The minimum absolute atomic E-state index is 0.350. The van der Waals surface area contributed by atoms with E-state index in [1.54, 1.807) is 0 Å². The number of fused-ring (bicyclic) bond motifs is 1. The normalized spacial score (nSPS) is 42.3. The van der Waals surface area contributed by atoms with Gasteiger partial charge in [-0.05, 0) is 62.7 Å². The van der Waals surface area contributed by atoms with Crippen molar-refractivity contribution in [3.8, 4) is 0 Å². The van der Waals surface area contributed by atoms with Gasteiger partial charge in [-0.3, -0.25) is 0 Å². The van der Waals surface area contributed by atoms with Crippen molar-refractivity contribution in [1.29, 1.82) is 0 Å². The summed E-state index contributed by atoms with van der Waals surface area (Å²) in [7, 11) is 0. The summed E-state index contributed by atoms with van der Waals surface area (Å²) in [4.78, 5) is 0. The predicted octanol–water partition coefficient (Wildman–Crippen LogP) is 5.40. The quantitative estimate of drug-likeness (QED) is 0.718. The monoisotopic (exact) mass is 291 g/mol. The Kier molecular flexibility index (Phi) is 4.69. The van der Waals surface area contributed by atoms with Crippen molar-refractivity contribution in [3.05, 3.63) is 0 Å². The number of nitrogens with one attached hydrogen (secondary N) is 1. The van der Waals surface area contributed by atoms with E-state index in [0.29, 0.717) is 5.54 Å². The van der Waals surface area contributed by atoms with Gasteiger partial charge in [-0.1, -0.05) is 52.4 Å². The highest BCUT2D eigenvalue weighted by Crippen LogP contribution is 2.47. The molecule has 0 aromatic rings. The highest BCUT2D eigenvalue weighted by atomic mass is 15.0. The zero-order valence-electron chi connectivity index (χ0n) is 14.8. The first-order valence-corrected chi connectivity index (χ1v) is 9.75. The van der Waals surface area contributed by atoms with E-state index in [2.05, 4.69) is 33.0 Å². The summed E-state index contributed by atoms with van der Waals surface area (Å²) in [5.41, 5.74) is 0.350. The number of hydrogen-bond acceptors (Lipinski definition) is 1.